The number of hydrogen-bond donors (Lipinski definition) is 5. The van der Waals surface area contributed by atoms with Crippen molar-refractivity contribution in [1.29, 1.82) is 0 Å². The highest BCUT2D eigenvalue weighted by molar-refractivity contribution is 5.76. The van der Waals surface area contributed by atoms with E-state index in [1.165, 1.54) is 6.92 Å². The second kappa shape index (κ2) is 17.0. The quantitative estimate of drug-likeness (QED) is 0.182. The summed E-state index contributed by atoms with van der Waals surface area (Å²) in [5.41, 5.74) is -0.551. The lowest BCUT2D eigenvalue weighted by Gasteiger charge is -2.50. The zero-order valence-corrected chi connectivity index (χ0v) is 34.6. The molecule has 0 saturated carbocycles. The Morgan fingerprint density at radius 3 is 2.49 bits per heavy atom. The van der Waals surface area contributed by atoms with E-state index in [2.05, 4.69) is 26.5 Å². The smallest absolute Gasteiger partial charge is 0.335 e. The van der Waals surface area contributed by atoms with Crippen molar-refractivity contribution in [1.82, 2.24) is 0 Å². The Balaban J connectivity index is 0.920. The number of hydrogen-bond acceptors (Lipinski definition) is 12. The van der Waals surface area contributed by atoms with E-state index in [1.807, 2.05) is 19.9 Å². The van der Waals surface area contributed by atoms with Crippen LogP contribution >= 0.6 is 0 Å². The Morgan fingerprint density at radius 2 is 1.75 bits per heavy atom. The number of carbonyl (C=O) groups is 1. The summed E-state index contributed by atoms with van der Waals surface area (Å²) in [7, 11) is 0. The number of carboxylic acids is 1. The van der Waals surface area contributed by atoms with E-state index >= 15 is 0 Å². The van der Waals surface area contributed by atoms with Gasteiger partial charge >= 0.3 is 5.97 Å². The minimum Gasteiger partial charge on any atom is -0.479 e. The molecule has 13 nitrogen and oxygen atoms in total. The summed E-state index contributed by atoms with van der Waals surface area (Å²) in [5.74, 6) is -3.82. The Bertz CT molecular complexity index is 1510. The Hall–Kier alpha value is -1.75. The molecular weight excluding hydrogens is 736 g/mol. The van der Waals surface area contributed by atoms with Crippen molar-refractivity contribution in [3.05, 3.63) is 36.0 Å². The van der Waals surface area contributed by atoms with Gasteiger partial charge in [0.25, 0.3) is 0 Å². The highest BCUT2D eigenvalue weighted by Gasteiger charge is 2.55. The molecule has 0 radical (unpaired) electrons. The van der Waals surface area contributed by atoms with Gasteiger partial charge in [-0.3, -0.25) is 0 Å². The second-order valence-electron chi connectivity index (χ2n) is 18.9. The summed E-state index contributed by atoms with van der Waals surface area (Å²) in [4.78, 5) is 11.6. The van der Waals surface area contributed by atoms with Gasteiger partial charge in [0.15, 0.2) is 17.2 Å². The van der Waals surface area contributed by atoms with Gasteiger partial charge in [0.2, 0.25) is 5.79 Å². The lowest BCUT2D eigenvalue weighted by Crippen LogP contribution is -2.60. The van der Waals surface area contributed by atoms with Crippen molar-refractivity contribution >= 4 is 5.97 Å². The predicted octanol–water partition coefficient (Wildman–Crippen LogP) is 5.21. The molecule has 0 aromatic carbocycles. The number of fused-ring (bicyclic) bond motifs is 1. The van der Waals surface area contributed by atoms with Crippen LogP contribution in [0.1, 0.15) is 125 Å². The normalized spacial score (nSPS) is 45.4. The maximum Gasteiger partial charge on any atom is 0.335 e. The molecule has 7 heterocycles. The fourth-order valence-electron chi connectivity index (χ4n) is 10.5. The fraction of sp³-hybridized carbons (Fsp3) is 0.841. The van der Waals surface area contributed by atoms with Gasteiger partial charge in [0.1, 0.15) is 24.4 Å². The monoisotopic (exact) mass is 804 g/mol. The first-order valence-electron chi connectivity index (χ1n) is 21.7. The first-order valence-corrected chi connectivity index (χ1v) is 21.7. The first-order chi connectivity index (χ1) is 26.9. The van der Waals surface area contributed by atoms with Crippen molar-refractivity contribution in [2.45, 2.75) is 209 Å². The van der Waals surface area contributed by atoms with E-state index in [4.69, 9.17) is 33.2 Å². The topological polar surface area (TPSA) is 183 Å². The van der Waals surface area contributed by atoms with Crippen LogP contribution in [0, 0.1) is 17.8 Å². The summed E-state index contributed by atoms with van der Waals surface area (Å²) in [6, 6.07) is 0. The molecule has 0 amide bonds. The van der Waals surface area contributed by atoms with Crippen LogP contribution in [0.3, 0.4) is 0 Å². The molecule has 0 aromatic rings. The second-order valence-corrected chi connectivity index (χ2v) is 18.9. The molecular formula is C44H68O13. The average molecular weight is 805 g/mol. The molecule has 6 fully saturated rings. The van der Waals surface area contributed by atoms with Crippen molar-refractivity contribution in [2.75, 3.05) is 6.61 Å². The average Bonchev–Trinajstić information content (AvgIpc) is 3.56. The van der Waals surface area contributed by atoms with Crippen LogP contribution in [0.2, 0.25) is 0 Å². The summed E-state index contributed by atoms with van der Waals surface area (Å²) in [5, 5.41) is 54.0. The van der Waals surface area contributed by atoms with Crippen molar-refractivity contribution < 1.29 is 63.5 Å². The van der Waals surface area contributed by atoms with Gasteiger partial charge < -0.3 is 58.7 Å². The Labute approximate surface area is 337 Å². The molecule has 0 aliphatic carbocycles. The van der Waals surface area contributed by atoms with E-state index in [9.17, 15) is 30.3 Å². The van der Waals surface area contributed by atoms with Gasteiger partial charge in [0.05, 0.1) is 43.2 Å². The Kier molecular flexibility index (Phi) is 12.9. The molecule has 57 heavy (non-hydrogen) atoms. The maximum absolute atomic E-state index is 11.6. The van der Waals surface area contributed by atoms with Gasteiger partial charge in [-0.1, -0.05) is 45.1 Å². The zero-order chi connectivity index (χ0) is 40.9. The minimum atomic E-state index is -1.96. The third kappa shape index (κ3) is 9.15. The Morgan fingerprint density at radius 1 is 1.00 bits per heavy atom. The van der Waals surface area contributed by atoms with Crippen LogP contribution in [0.25, 0.3) is 0 Å². The number of carboxylic acid groups (broad SMARTS) is 1. The molecule has 0 bridgehead atoms. The number of aliphatic carboxylic acids is 1. The SMILES string of the molecule is C=C1[C@@H](O)[C@@H]2O[C@@]3(CC[C@H](/C=C/[C@@H](C)[C@@H]4CC(C)=C[C@@]5(O[C@H](C[C@@](C)(O)C(=O)O)CC[C@H]5O)O4)O3)CC[C@H]2O[C@@H]1[C@@H](O)C[C@H](C)[C@H]1O[C@@]2(CCCCO2)CC[C@H]1C. The number of aliphatic hydroxyl groups is 4. The lowest BCUT2D eigenvalue weighted by atomic mass is 9.79. The first kappa shape index (κ1) is 43.3. The highest BCUT2D eigenvalue weighted by atomic mass is 16.7. The standard InChI is InChI=1S/C44H68O13/c1-25-21-34(55-44(23-25)35(46)12-11-31(54-44)24-41(6,50)40(48)49)26(2)9-10-30-14-18-43(53-30)19-15-33-39(57-43)36(47)29(5)38(52-33)32(45)22-28(4)37-27(3)13-17-42(56-37)16-7-8-20-51-42/h9-10,23,26-28,30-39,45-47,50H,5,7-8,11-22,24H2,1-4,6H3,(H,48,49)/b10-9+/t26-,27-,28+,30+,31+,32+,33-,34+,35-,36-,37+,38+,39-,41-,42+,43+,44-/m1/s1. The van der Waals surface area contributed by atoms with Crippen LogP contribution in [-0.4, -0.2) is 122 Å². The van der Waals surface area contributed by atoms with Gasteiger partial charge in [-0.25, -0.2) is 4.79 Å². The molecule has 13 heteroatoms. The molecule has 322 valence electrons. The number of ether oxygens (including phenoxy) is 7. The molecule has 7 aliphatic rings. The van der Waals surface area contributed by atoms with Crippen LogP contribution < -0.4 is 0 Å². The van der Waals surface area contributed by atoms with E-state index in [1.54, 1.807) is 6.08 Å². The van der Waals surface area contributed by atoms with Crippen LogP contribution in [0.15, 0.2) is 36.0 Å². The summed E-state index contributed by atoms with van der Waals surface area (Å²) in [6.45, 7) is 14.5. The minimum absolute atomic E-state index is 0.0423. The molecule has 5 N–H and O–H groups in total. The third-order valence-electron chi connectivity index (χ3n) is 14.0. The maximum atomic E-state index is 11.6. The highest BCUT2D eigenvalue weighted by Crippen LogP contribution is 2.47. The van der Waals surface area contributed by atoms with Crippen LogP contribution in [0.4, 0.5) is 0 Å². The van der Waals surface area contributed by atoms with Crippen molar-refractivity contribution in [3.63, 3.8) is 0 Å². The fourth-order valence-corrected chi connectivity index (χ4v) is 10.5. The summed E-state index contributed by atoms with van der Waals surface area (Å²) >= 11 is 0. The number of aliphatic hydroxyl groups excluding tert-OH is 3. The van der Waals surface area contributed by atoms with E-state index in [0.717, 1.165) is 50.7 Å². The van der Waals surface area contributed by atoms with Crippen LogP contribution in [0.5, 0.6) is 0 Å². The summed E-state index contributed by atoms with van der Waals surface area (Å²) < 4.78 is 45.2. The number of rotatable bonds is 10. The van der Waals surface area contributed by atoms with E-state index < -0.39 is 71.7 Å². The lowest BCUT2D eigenvalue weighted by molar-refractivity contribution is -0.321. The molecule has 0 aromatic heterocycles. The molecule has 7 rings (SSSR count). The molecule has 0 unspecified atom stereocenters. The third-order valence-corrected chi connectivity index (χ3v) is 14.0. The van der Waals surface area contributed by atoms with Crippen LogP contribution in [-0.2, 0) is 38.0 Å². The van der Waals surface area contributed by atoms with Gasteiger partial charge in [-0.2, -0.15) is 0 Å². The summed E-state index contributed by atoms with van der Waals surface area (Å²) in [6.07, 6.45) is 9.37. The zero-order valence-electron chi connectivity index (χ0n) is 34.6. The molecule has 6 saturated heterocycles. The van der Waals surface area contributed by atoms with Gasteiger partial charge in [-0.05, 0) is 95.1 Å². The van der Waals surface area contributed by atoms with Gasteiger partial charge in [-0.15, -0.1) is 0 Å². The van der Waals surface area contributed by atoms with E-state index in [0.29, 0.717) is 56.4 Å². The molecule has 7 aliphatic heterocycles. The van der Waals surface area contributed by atoms with E-state index in [-0.39, 0.29) is 36.6 Å². The molecule has 3 spiro atoms. The molecule has 17 atom stereocenters. The van der Waals surface area contributed by atoms with Gasteiger partial charge in [0, 0.05) is 38.0 Å². The largest absolute Gasteiger partial charge is 0.479 e. The van der Waals surface area contributed by atoms with Crippen molar-refractivity contribution in [3.8, 4) is 0 Å². The predicted molar refractivity (Wildman–Crippen MR) is 208 cm³/mol. The van der Waals surface area contributed by atoms with Crippen molar-refractivity contribution in [2.24, 2.45) is 17.8 Å².